The first-order chi connectivity index (χ1) is 10.7. The molecule has 0 bridgehead atoms. The summed E-state index contributed by atoms with van der Waals surface area (Å²) in [5.41, 5.74) is 1.13. The Hall–Kier alpha value is -1.40. The van der Waals surface area contributed by atoms with Crippen LogP contribution >= 0.6 is 11.8 Å². The molecule has 0 saturated carbocycles. The minimum atomic E-state index is -0.0516. The molecule has 1 aromatic carbocycles. The van der Waals surface area contributed by atoms with Gasteiger partial charge in [-0.1, -0.05) is 6.07 Å². The molecule has 122 valence electrons. The third kappa shape index (κ3) is 4.81. The molecule has 1 fully saturated rings. The standard InChI is InChI=1S/C16H24N2O3S/c1-3-20-14-6-5-12(9-15(14)21-4-2)7-8-17-16(19)13-10-22-11-18-13/h5-6,9,13,18H,3-4,7-8,10-11H2,1-2H3,(H,17,19). The van der Waals surface area contributed by atoms with Gasteiger partial charge >= 0.3 is 0 Å². The van der Waals surface area contributed by atoms with Crippen molar-refractivity contribution >= 4 is 17.7 Å². The second kappa shape index (κ2) is 8.90. The van der Waals surface area contributed by atoms with Crippen LogP contribution in [0.3, 0.4) is 0 Å². The van der Waals surface area contributed by atoms with E-state index in [0.717, 1.165) is 35.1 Å². The van der Waals surface area contributed by atoms with Crippen molar-refractivity contribution in [3.63, 3.8) is 0 Å². The van der Waals surface area contributed by atoms with Crippen LogP contribution in [0.5, 0.6) is 11.5 Å². The average molecular weight is 324 g/mol. The van der Waals surface area contributed by atoms with Crippen molar-refractivity contribution in [1.29, 1.82) is 0 Å². The minimum absolute atomic E-state index is 0.0516. The molecule has 0 radical (unpaired) electrons. The van der Waals surface area contributed by atoms with Gasteiger partial charge in [0.2, 0.25) is 5.91 Å². The largest absolute Gasteiger partial charge is 0.490 e. The highest BCUT2D eigenvalue weighted by Crippen LogP contribution is 2.28. The van der Waals surface area contributed by atoms with Gasteiger partial charge in [-0.05, 0) is 38.0 Å². The summed E-state index contributed by atoms with van der Waals surface area (Å²) in [5.74, 6) is 3.32. The number of amides is 1. The lowest BCUT2D eigenvalue weighted by Crippen LogP contribution is -2.42. The molecule has 1 heterocycles. The molecule has 1 unspecified atom stereocenters. The third-order valence-electron chi connectivity index (χ3n) is 3.35. The van der Waals surface area contributed by atoms with Crippen molar-refractivity contribution in [3.05, 3.63) is 23.8 Å². The second-order valence-corrected chi connectivity index (χ2v) is 5.99. The van der Waals surface area contributed by atoms with E-state index in [4.69, 9.17) is 9.47 Å². The van der Waals surface area contributed by atoms with E-state index in [1.807, 2.05) is 32.0 Å². The van der Waals surface area contributed by atoms with E-state index in [-0.39, 0.29) is 11.9 Å². The number of ether oxygens (including phenoxy) is 2. The van der Waals surface area contributed by atoms with Crippen LogP contribution in [0.1, 0.15) is 19.4 Å². The quantitative estimate of drug-likeness (QED) is 0.764. The fraction of sp³-hybridized carbons (Fsp3) is 0.562. The number of nitrogens with one attached hydrogen (secondary N) is 2. The average Bonchev–Trinajstić information content (AvgIpc) is 3.04. The van der Waals surface area contributed by atoms with Crippen LogP contribution < -0.4 is 20.1 Å². The minimum Gasteiger partial charge on any atom is -0.490 e. The first-order valence-corrected chi connectivity index (χ1v) is 8.87. The summed E-state index contributed by atoms with van der Waals surface area (Å²) in [7, 11) is 0. The van der Waals surface area contributed by atoms with Gasteiger partial charge in [0.1, 0.15) is 0 Å². The lowest BCUT2D eigenvalue weighted by Gasteiger charge is -2.13. The SMILES string of the molecule is CCOc1ccc(CCNC(=O)C2CSCN2)cc1OCC. The van der Waals surface area contributed by atoms with Crippen LogP contribution in [0.4, 0.5) is 0 Å². The van der Waals surface area contributed by atoms with Crippen molar-refractivity contribution < 1.29 is 14.3 Å². The van der Waals surface area contributed by atoms with Gasteiger partial charge < -0.3 is 14.8 Å². The Labute approximate surface area is 136 Å². The highest BCUT2D eigenvalue weighted by Gasteiger charge is 2.21. The fourth-order valence-corrected chi connectivity index (χ4v) is 3.21. The van der Waals surface area contributed by atoms with Gasteiger partial charge in [0.25, 0.3) is 0 Å². The Morgan fingerprint density at radius 1 is 1.32 bits per heavy atom. The summed E-state index contributed by atoms with van der Waals surface area (Å²) in [6.45, 7) is 5.75. The van der Waals surface area contributed by atoms with Gasteiger partial charge in [0.15, 0.2) is 11.5 Å². The van der Waals surface area contributed by atoms with Crippen molar-refractivity contribution in [2.24, 2.45) is 0 Å². The number of hydrogen-bond acceptors (Lipinski definition) is 5. The maximum Gasteiger partial charge on any atom is 0.238 e. The molecular formula is C16H24N2O3S. The summed E-state index contributed by atoms with van der Waals surface area (Å²) >= 11 is 1.75. The number of carbonyl (C=O) groups is 1. The Balaban J connectivity index is 1.86. The van der Waals surface area contributed by atoms with Crippen LogP contribution in [0.2, 0.25) is 0 Å². The number of thioether (sulfide) groups is 1. The van der Waals surface area contributed by atoms with Gasteiger partial charge in [0, 0.05) is 18.2 Å². The van der Waals surface area contributed by atoms with Gasteiger partial charge in [-0.15, -0.1) is 11.8 Å². The molecule has 1 amide bonds. The molecule has 1 aliphatic rings. The predicted octanol–water partition coefficient (Wildman–Crippen LogP) is 1.81. The number of hydrogen-bond donors (Lipinski definition) is 2. The third-order valence-corrected chi connectivity index (χ3v) is 4.29. The lowest BCUT2D eigenvalue weighted by atomic mass is 10.1. The monoisotopic (exact) mass is 324 g/mol. The zero-order chi connectivity index (χ0) is 15.8. The Bertz CT molecular complexity index is 490. The predicted molar refractivity (Wildman–Crippen MR) is 89.7 cm³/mol. The molecule has 1 saturated heterocycles. The van der Waals surface area contributed by atoms with Crippen LogP contribution in [0, 0.1) is 0 Å². The van der Waals surface area contributed by atoms with Gasteiger partial charge in [0.05, 0.1) is 19.3 Å². The molecule has 0 aromatic heterocycles. The maximum absolute atomic E-state index is 11.9. The number of benzene rings is 1. The smallest absolute Gasteiger partial charge is 0.238 e. The molecule has 0 spiro atoms. The second-order valence-electron chi connectivity index (χ2n) is 4.96. The van der Waals surface area contributed by atoms with Crippen molar-refractivity contribution in [3.8, 4) is 11.5 Å². The zero-order valence-corrected chi connectivity index (χ0v) is 14.0. The summed E-state index contributed by atoms with van der Waals surface area (Å²) in [5, 5.41) is 6.14. The highest BCUT2D eigenvalue weighted by atomic mass is 32.2. The van der Waals surface area contributed by atoms with Crippen LogP contribution in [-0.4, -0.2) is 43.3 Å². The maximum atomic E-state index is 11.9. The molecule has 6 heteroatoms. The highest BCUT2D eigenvalue weighted by molar-refractivity contribution is 7.99. The summed E-state index contributed by atoms with van der Waals surface area (Å²) in [6.07, 6.45) is 0.776. The van der Waals surface area contributed by atoms with E-state index >= 15 is 0 Å². The molecule has 1 atom stereocenters. The lowest BCUT2D eigenvalue weighted by molar-refractivity contribution is -0.122. The van der Waals surface area contributed by atoms with E-state index < -0.39 is 0 Å². The van der Waals surface area contributed by atoms with Crippen molar-refractivity contribution in [2.75, 3.05) is 31.4 Å². The van der Waals surface area contributed by atoms with Gasteiger partial charge in [-0.25, -0.2) is 0 Å². The van der Waals surface area contributed by atoms with E-state index in [1.165, 1.54) is 0 Å². The molecule has 1 aromatic rings. The molecule has 1 aliphatic heterocycles. The Kier molecular flexibility index (Phi) is 6.86. The zero-order valence-electron chi connectivity index (χ0n) is 13.2. The summed E-state index contributed by atoms with van der Waals surface area (Å²) in [6, 6.07) is 5.89. The first kappa shape index (κ1) is 17.0. The van der Waals surface area contributed by atoms with Crippen molar-refractivity contribution in [2.45, 2.75) is 26.3 Å². The van der Waals surface area contributed by atoms with E-state index in [0.29, 0.717) is 19.8 Å². The van der Waals surface area contributed by atoms with Gasteiger partial charge in [-0.3, -0.25) is 10.1 Å². The van der Waals surface area contributed by atoms with Gasteiger partial charge in [-0.2, -0.15) is 0 Å². The van der Waals surface area contributed by atoms with Crippen LogP contribution in [0.25, 0.3) is 0 Å². The Morgan fingerprint density at radius 3 is 2.77 bits per heavy atom. The van der Waals surface area contributed by atoms with E-state index in [9.17, 15) is 4.79 Å². The number of rotatable bonds is 8. The molecule has 0 aliphatic carbocycles. The molecule has 5 nitrogen and oxygen atoms in total. The van der Waals surface area contributed by atoms with Crippen molar-refractivity contribution in [1.82, 2.24) is 10.6 Å². The molecular weight excluding hydrogens is 300 g/mol. The number of carbonyl (C=O) groups excluding carboxylic acids is 1. The fourth-order valence-electron chi connectivity index (χ4n) is 2.27. The summed E-state index contributed by atoms with van der Waals surface area (Å²) in [4.78, 5) is 11.9. The molecule has 2 rings (SSSR count). The molecule has 22 heavy (non-hydrogen) atoms. The van der Waals surface area contributed by atoms with E-state index in [2.05, 4.69) is 10.6 Å². The first-order valence-electron chi connectivity index (χ1n) is 7.72. The summed E-state index contributed by atoms with van der Waals surface area (Å²) < 4.78 is 11.2. The normalized spacial score (nSPS) is 17.3. The van der Waals surface area contributed by atoms with Crippen LogP contribution in [0.15, 0.2) is 18.2 Å². The molecule has 2 N–H and O–H groups in total. The van der Waals surface area contributed by atoms with Crippen LogP contribution in [-0.2, 0) is 11.2 Å². The van der Waals surface area contributed by atoms with E-state index in [1.54, 1.807) is 11.8 Å². The Morgan fingerprint density at radius 2 is 2.09 bits per heavy atom. The topological polar surface area (TPSA) is 59.6 Å².